The van der Waals surface area contributed by atoms with Crippen molar-refractivity contribution < 1.29 is 4.79 Å². The van der Waals surface area contributed by atoms with Crippen LogP contribution in [0.15, 0.2) is 18.3 Å². The van der Waals surface area contributed by atoms with Crippen LogP contribution in [0.2, 0.25) is 0 Å². The fraction of sp³-hybridized carbons (Fsp3) is 0.571. The number of carbonyl (C=O) groups is 1. The summed E-state index contributed by atoms with van der Waals surface area (Å²) in [4.78, 5) is 15.8. The number of nitrogens with zero attached hydrogens (tertiary/aromatic N) is 1. The number of rotatable bonds is 8. The van der Waals surface area contributed by atoms with Gasteiger partial charge in [-0.05, 0) is 18.4 Å². The number of nitrogens with one attached hydrogen (secondary N) is 3. The minimum absolute atomic E-state index is 0.00794. The molecule has 0 aliphatic rings. The molecule has 3 N–H and O–H groups in total. The van der Waals surface area contributed by atoms with Crippen LogP contribution in [-0.4, -0.2) is 30.5 Å². The van der Waals surface area contributed by atoms with Gasteiger partial charge in [-0.2, -0.15) is 0 Å². The number of hydrogen-bond acceptors (Lipinski definition) is 4. The highest BCUT2D eigenvalue weighted by Gasteiger charge is 2.02. The fourth-order valence-electron chi connectivity index (χ4n) is 1.45. The van der Waals surface area contributed by atoms with Gasteiger partial charge in [0.25, 0.3) is 0 Å². The Balaban J connectivity index is 2.38. The average Bonchev–Trinajstić information content (AvgIpc) is 2.41. The van der Waals surface area contributed by atoms with Gasteiger partial charge in [-0.25, -0.2) is 4.98 Å². The Morgan fingerprint density at radius 1 is 1.37 bits per heavy atom. The summed E-state index contributed by atoms with van der Waals surface area (Å²) in [7, 11) is 0. The Labute approximate surface area is 115 Å². The molecule has 0 saturated heterocycles. The molecule has 0 saturated carbocycles. The number of pyridine rings is 1. The first kappa shape index (κ1) is 15.3. The van der Waals surface area contributed by atoms with Gasteiger partial charge in [0.1, 0.15) is 5.82 Å². The zero-order chi connectivity index (χ0) is 14.1. The van der Waals surface area contributed by atoms with Gasteiger partial charge in [0.15, 0.2) is 0 Å². The second kappa shape index (κ2) is 8.34. The molecule has 1 aromatic heterocycles. The van der Waals surface area contributed by atoms with E-state index in [4.69, 9.17) is 0 Å². The van der Waals surface area contributed by atoms with Crippen molar-refractivity contribution >= 4 is 17.4 Å². The van der Waals surface area contributed by atoms with Crippen LogP contribution >= 0.6 is 0 Å². The summed E-state index contributed by atoms with van der Waals surface area (Å²) in [6.07, 6.45) is 2.78. The van der Waals surface area contributed by atoms with Gasteiger partial charge in [0, 0.05) is 31.0 Å². The third kappa shape index (κ3) is 6.64. The molecule has 1 heterocycles. The molecule has 106 valence electrons. The number of amides is 1. The third-order valence-corrected chi connectivity index (χ3v) is 2.48. The van der Waals surface area contributed by atoms with Gasteiger partial charge in [-0.3, -0.25) is 4.79 Å². The zero-order valence-corrected chi connectivity index (χ0v) is 12.0. The lowest BCUT2D eigenvalue weighted by Crippen LogP contribution is -2.32. The quantitative estimate of drug-likeness (QED) is 0.672. The molecule has 0 bridgehead atoms. The van der Waals surface area contributed by atoms with E-state index in [1.165, 1.54) is 0 Å². The molecule has 5 nitrogen and oxygen atoms in total. The first-order valence-corrected chi connectivity index (χ1v) is 6.82. The Kier molecular flexibility index (Phi) is 6.71. The molecule has 19 heavy (non-hydrogen) atoms. The Morgan fingerprint density at radius 2 is 2.16 bits per heavy atom. The SMILES string of the molecule is CCCNc1cc(NCC(=O)NCC(C)C)ccn1. The van der Waals surface area contributed by atoms with Crippen molar-refractivity contribution in [2.75, 3.05) is 30.3 Å². The van der Waals surface area contributed by atoms with E-state index in [1.807, 2.05) is 12.1 Å². The van der Waals surface area contributed by atoms with Crippen molar-refractivity contribution in [2.24, 2.45) is 5.92 Å². The second-order valence-electron chi connectivity index (χ2n) is 4.91. The van der Waals surface area contributed by atoms with Crippen molar-refractivity contribution in [1.29, 1.82) is 0 Å². The van der Waals surface area contributed by atoms with Gasteiger partial charge in [-0.15, -0.1) is 0 Å². The van der Waals surface area contributed by atoms with E-state index in [0.29, 0.717) is 12.5 Å². The standard InChI is InChI=1S/C14H24N4O/c1-4-6-15-13-8-12(5-7-16-13)17-10-14(19)18-9-11(2)3/h5,7-8,11H,4,6,9-10H2,1-3H3,(H,18,19)(H2,15,16,17). The Bertz CT molecular complexity index is 393. The van der Waals surface area contributed by atoms with Crippen LogP contribution in [0.4, 0.5) is 11.5 Å². The summed E-state index contributed by atoms with van der Waals surface area (Å²) in [6.45, 7) is 8.13. The number of carbonyl (C=O) groups excluding carboxylic acids is 1. The lowest BCUT2D eigenvalue weighted by atomic mass is 10.2. The lowest BCUT2D eigenvalue weighted by molar-refractivity contribution is -0.119. The van der Waals surface area contributed by atoms with E-state index in [-0.39, 0.29) is 12.5 Å². The van der Waals surface area contributed by atoms with E-state index in [9.17, 15) is 4.79 Å². The van der Waals surface area contributed by atoms with Crippen LogP contribution in [0.5, 0.6) is 0 Å². The second-order valence-corrected chi connectivity index (χ2v) is 4.91. The topological polar surface area (TPSA) is 66.0 Å². The van der Waals surface area contributed by atoms with Crippen LogP contribution < -0.4 is 16.0 Å². The van der Waals surface area contributed by atoms with Crippen molar-refractivity contribution in [3.63, 3.8) is 0 Å². The fourth-order valence-corrected chi connectivity index (χ4v) is 1.45. The van der Waals surface area contributed by atoms with Gasteiger partial charge < -0.3 is 16.0 Å². The minimum Gasteiger partial charge on any atom is -0.376 e. The van der Waals surface area contributed by atoms with Crippen LogP contribution in [-0.2, 0) is 4.79 Å². The third-order valence-electron chi connectivity index (χ3n) is 2.48. The maximum absolute atomic E-state index is 11.6. The maximum Gasteiger partial charge on any atom is 0.239 e. The molecular weight excluding hydrogens is 240 g/mol. The summed E-state index contributed by atoms with van der Waals surface area (Å²) in [5.74, 6) is 1.30. The van der Waals surface area contributed by atoms with Crippen LogP contribution in [0.25, 0.3) is 0 Å². The van der Waals surface area contributed by atoms with Crippen molar-refractivity contribution in [1.82, 2.24) is 10.3 Å². The van der Waals surface area contributed by atoms with Crippen molar-refractivity contribution in [2.45, 2.75) is 27.2 Å². The highest BCUT2D eigenvalue weighted by atomic mass is 16.1. The summed E-state index contributed by atoms with van der Waals surface area (Å²) in [5, 5.41) is 9.17. The van der Waals surface area contributed by atoms with E-state index >= 15 is 0 Å². The minimum atomic E-state index is 0.00794. The summed E-state index contributed by atoms with van der Waals surface area (Å²) in [6, 6.07) is 3.76. The van der Waals surface area contributed by atoms with Gasteiger partial charge in [-0.1, -0.05) is 20.8 Å². The molecular formula is C14H24N4O. The molecule has 0 aliphatic carbocycles. The normalized spacial score (nSPS) is 10.3. The Morgan fingerprint density at radius 3 is 2.84 bits per heavy atom. The van der Waals surface area contributed by atoms with E-state index in [2.05, 4.69) is 41.7 Å². The first-order chi connectivity index (χ1) is 9.11. The van der Waals surface area contributed by atoms with E-state index in [0.717, 1.165) is 24.5 Å². The van der Waals surface area contributed by atoms with Crippen LogP contribution in [0.3, 0.4) is 0 Å². The molecule has 1 rings (SSSR count). The predicted molar refractivity (Wildman–Crippen MR) is 79.4 cm³/mol. The molecule has 0 fully saturated rings. The smallest absolute Gasteiger partial charge is 0.239 e. The van der Waals surface area contributed by atoms with Gasteiger partial charge in [0.05, 0.1) is 6.54 Å². The van der Waals surface area contributed by atoms with Crippen molar-refractivity contribution in [3.05, 3.63) is 18.3 Å². The van der Waals surface area contributed by atoms with Crippen molar-refractivity contribution in [3.8, 4) is 0 Å². The highest BCUT2D eigenvalue weighted by Crippen LogP contribution is 2.11. The summed E-state index contributed by atoms with van der Waals surface area (Å²) >= 11 is 0. The number of anilines is 2. The summed E-state index contributed by atoms with van der Waals surface area (Å²) in [5.41, 5.74) is 0.897. The molecule has 0 aromatic carbocycles. The molecule has 1 amide bonds. The molecule has 1 aromatic rings. The monoisotopic (exact) mass is 264 g/mol. The van der Waals surface area contributed by atoms with E-state index < -0.39 is 0 Å². The number of hydrogen-bond donors (Lipinski definition) is 3. The van der Waals surface area contributed by atoms with Crippen LogP contribution in [0, 0.1) is 5.92 Å². The first-order valence-electron chi connectivity index (χ1n) is 6.82. The molecule has 0 aliphatic heterocycles. The molecule has 0 radical (unpaired) electrons. The largest absolute Gasteiger partial charge is 0.376 e. The average molecular weight is 264 g/mol. The lowest BCUT2D eigenvalue weighted by Gasteiger charge is -2.10. The maximum atomic E-state index is 11.6. The molecule has 5 heteroatoms. The van der Waals surface area contributed by atoms with Crippen LogP contribution in [0.1, 0.15) is 27.2 Å². The molecule has 0 atom stereocenters. The molecule has 0 unspecified atom stereocenters. The Hall–Kier alpha value is -1.78. The van der Waals surface area contributed by atoms with Gasteiger partial charge in [0.2, 0.25) is 5.91 Å². The van der Waals surface area contributed by atoms with E-state index in [1.54, 1.807) is 6.20 Å². The van der Waals surface area contributed by atoms with Gasteiger partial charge >= 0.3 is 0 Å². The number of aromatic nitrogens is 1. The zero-order valence-electron chi connectivity index (χ0n) is 12.0. The molecule has 0 spiro atoms. The summed E-state index contributed by atoms with van der Waals surface area (Å²) < 4.78 is 0. The predicted octanol–water partition coefficient (Wildman–Crippen LogP) is 2.09. The highest BCUT2D eigenvalue weighted by molar-refractivity contribution is 5.80.